The predicted molar refractivity (Wildman–Crippen MR) is 101 cm³/mol. The first-order chi connectivity index (χ1) is 12.9. The number of carbonyl (C=O) groups excluding carboxylic acids is 2. The number of pyridine rings is 1. The summed E-state index contributed by atoms with van der Waals surface area (Å²) in [5, 5.41) is 5.98. The second-order valence-electron chi connectivity index (χ2n) is 6.73. The van der Waals surface area contributed by atoms with Crippen molar-refractivity contribution < 1.29 is 14.0 Å². The molecule has 0 radical (unpaired) electrons. The fraction of sp³-hybridized carbons (Fsp3) is 0.350. The van der Waals surface area contributed by atoms with Gasteiger partial charge in [0.05, 0.1) is 18.3 Å². The van der Waals surface area contributed by atoms with E-state index >= 15 is 0 Å². The maximum absolute atomic E-state index is 13.3. The van der Waals surface area contributed by atoms with Gasteiger partial charge in [-0.3, -0.25) is 14.6 Å². The van der Waals surface area contributed by atoms with E-state index in [2.05, 4.69) is 15.6 Å². The van der Waals surface area contributed by atoms with Gasteiger partial charge in [-0.05, 0) is 49.2 Å². The number of aryl methyl sites for hydroxylation is 2. The molecule has 2 N–H and O–H groups in total. The minimum absolute atomic E-state index is 0.141. The highest BCUT2D eigenvalue weighted by Crippen LogP contribution is 2.15. The van der Waals surface area contributed by atoms with Gasteiger partial charge in [-0.1, -0.05) is 6.07 Å². The Bertz CT molecular complexity index is 838. The van der Waals surface area contributed by atoms with Crippen LogP contribution in [0.25, 0.3) is 0 Å². The van der Waals surface area contributed by atoms with Gasteiger partial charge >= 0.3 is 0 Å². The number of hydrogen-bond acceptors (Lipinski definition) is 4. The molecule has 0 saturated carbocycles. The summed E-state index contributed by atoms with van der Waals surface area (Å²) in [6.07, 6.45) is 1.74. The minimum atomic E-state index is -0.603. The van der Waals surface area contributed by atoms with Crippen molar-refractivity contribution >= 4 is 17.5 Å². The van der Waals surface area contributed by atoms with Crippen molar-refractivity contribution in [2.45, 2.75) is 26.3 Å². The SMILES string of the molecule is Cc1ccc(NC(=O)[C@@H]2CNCCN2C(=O)Cc2ccc(F)cc2C)cn1. The third kappa shape index (κ3) is 4.68. The van der Waals surface area contributed by atoms with E-state index in [1.54, 1.807) is 30.2 Å². The molecule has 27 heavy (non-hydrogen) atoms. The summed E-state index contributed by atoms with van der Waals surface area (Å²) in [5.41, 5.74) is 2.95. The highest BCUT2D eigenvalue weighted by molar-refractivity contribution is 5.97. The summed E-state index contributed by atoms with van der Waals surface area (Å²) >= 11 is 0. The highest BCUT2D eigenvalue weighted by atomic mass is 19.1. The third-order valence-corrected chi connectivity index (χ3v) is 4.69. The summed E-state index contributed by atoms with van der Waals surface area (Å²) < 4.78 is 13.3. The Kier molecular flexibility index (Phi) is 5.81. The van der Waals surface area contributed by atoms with E-state index in [4.69, 9.17) is 0 Å². The first-order valence-electron chi connectivity index (χ1n) is 8.93. The molecule has 6 nitrogen and oxygen atoms in total. The van der Waals surface area contributed by atoms with Crippen molar-refractivity contribution in [2.75, 3.05) is 25.0 Å². The lowest BCUT2D eigenvalue weighted by atomic mass is 10.0. The number of amides is 2. The van der Waals surface area contributed by atoms with Crippen LogP contribution in [0.15, 0.2) is 36.5 Å². The van der Waals surface area contributed by atoms with E-state index in [-0.39, 0.29) is 24.1 Å². The van der Waals surface area contributed by atoms with Gasteiger partial charge in [0.2, 0.25) is 11.8 Å². The molecule has 0 bridgehead atoms. The van der Waals surface area contributed by atoms with Crippen LogP contribution in [-0.4, -0.2) is 47.4 Å². The van der Waals surface area contributed by atoms with Crippen LogP contribution in [0.2, 0.25) is 0 Å². The largest absolute Gasteiger partial charge is 0.328 e. The van der Waals surface area contributed by atoms with Crippen molar-refractivity contribution in [1.29, 1.82) is 0 Å². The maximum Gasteiger partial charge on any atom is 0.248 e. The Balaban J connectivity index is 1.71. The van der Waals surface area contributed by atoms with Crippen LogP contribution in [0.5, 0.6) is 0 Å². The Labute approximate surface area is 157 Å². The summed E-state index contributed by atoms with van der Waals surface area (Å²) in [6.45, 7) is 5.11. The smallest absolute Gasteiger partial charge is 0.248 e. The van der Waals surface area contributed by atoms with Crippen LogP contribution in [0.4, 0.5) is 10.1 Å². The zero-order valence-corrected chi connectivity index (χ0v) is 15.5. The molecule has 1 aromatic heterocycles. The Hall–Kier alpha value is -2.80. The highest BCUT2D eigenvalue weighted by Gasteiger charge is 2.32. The summed E-state index contributed by atoms with van der Waals surface area (Å²) in [5.74, 6) is -0.722. The fourth-order valence-corrected chi connectivity index (χ4v) is 3.13. The number of anilines is 1. The normalized spacial score (nSPS) is 16.9. The molecule has 142 valence electrons. The first-order valence-corrected chi connectivity index (χ1v) is 8.93. The molecule has 1 aliphatic rings. The number of benzene rings is 1. The van der Waals surface area contributed by atoms with Crippen molar-refractivity contribution in [3.05, 3.63) is 59.2 Å². The molecule has 0 spiro atoms. The lowest BCUT2D eigenvalue weighted by molar-refractivity contribution is -0.139. The Morgan fingerprint density at radius 1 is 1.30 bits per heavy atom. The zero-order chi connectivity index (χ0) is 19.4. The lowest BCUT2D eigenvalue weighted by Crippen LogP contribution is -2.58. The van der Waals surface area contributed by atoms with Gasteiger partial charge in [0.25, 0.3) is 0 Å². The second kappa shape index (κ2) is 8.26. The van der Waals surface area contributed by atoms with Gasteiger partial charge in [0, 0.05) is 25.3 Å². The monoisotopic (exact) mass is 370 g/mol. The van der Waals surface area contributed by atoms with Crippen molar-refractivity contribution in [3.8, 4) is 0 Å². The molecular weight excluding hydrogens is 347 g/mol. The van der Waals surface area contributed by atoms with Crippen LogP contribution in [0, 0.1) is 19.7 Å². The van der Waals surface area contributed by atoms with Gasteiger partial charge in [-0.25, -0.2) is 4.39 Å². The van der Waals surface area contributed by atoms with Crippen LogP contribution in [0.1, 0.15) is 16.8 Å². The van der Waals surface area contributed by atoms with Gasteiger partial charge in [-0.2, -0.15) is 0 Å². The van der Waals surface area contributed by atoms with Crippen LogP contribution in [-0.2, 0) is 16.0 Å². The molecule has 0 unspecified atom stereocenters. The second-order valence-corrected chi connectivity index (χ2v) is 6.73. The number of nitrogens with one attached hydrogen (secondary N) is 2. The van der Waals surface area contributed by atoms with E-state index in [0.29, 0.717) is 25.3 Å². The molecule has 1 fully saturated rings. The molecule has 1 atom stereocenters. The number of nitrogens with zero attached hydrogens (tertiary/aromatic N) is 2. The van der Waals surface area contributed by atoms with E-state index in [1.807, 2.05) is 13.0 Å². The summed E-state index contributed by atoms with van der Waals surface area (Å²) in [6, 6.07) is 7.38. The molecule has 3 rings (SSSR count). The molecule has 2 aromatic rings. The number of aromatic nitrogens is 1. The van der Waals surface area contributed by atoms with Crippen molar-refractivity contribution in [1.82, 2.24) is 15.2 Å². The topological polar surface area (TPSA) is 74.3 Å². The Morgan fingerprint density at radius 3 is 2.81 bits per heavy atom. The number of rotatable bonds is 4. The molecule has 1 saturated heterocycles. The number of halogens is 1. The summed E-state index contributed by atoms with van der Waals surface area (Å²) in [4.78, 5) is 31.3. The average molecular weight is 370 g/mol. The van der Waals surface area contributed by atoms with Crippen LogP contribution >= 0.6 is 0 Å². The maximum atomic E-state index is 13.3. The van der Waals surface area contributed by atoms with E-state index in [9.17, 15) is 14.0 Å². The lowest BCUT2D eigenvalue weighted by Gasteiger charge is -2.35. The number of hydrogen-bond donors (Lipinski definition) is 2. The van der Waals surface area contributed by atoms with E-state index < -0.39 is 6.04 Å². The number of carbonyl (C=O) groups is 2. The molecule has 7 heteroatoms. The molecule has 2 amide bonds. The minimum Gasteiger partial charge on any atom is -0.328 e. The van der Waals surface area contributed by atoms with Gasteiger partial charge in [0.15, 0.2) is 0 Å². The van der Waals surface area contributed by atoms with E-state index in [0.717, 1.165) is 16.8 Å². The molecule has 1 aliphatic heterocycles. The average Bonchev–Trinajstić information content (AvgIpc) is 2.66. The quantitative estimate of drug-likeness (QED) is 0.861. The van der Waals surface area contributed by atoms with E-state index in [1.165, 1.54) is 12.1 Å². The Morgan fingerprint density at radius 2 is 2.11 bits per heavy atom. The van der Waals surface area contributed by atoms with Crippen LogP contribution < -0.4 is 10.6 Å². The zero-order valence-electron chi connectivity index (χ0n) is 15.5. The molecule has 2 heterocycles. The van der Waals surface area contributed by atoms with Crippen molar-refractivity contribution in [3.63, 3.8) is 0 Å². The molecular formula is C20H23FN4O2. The van der Waals surface area contributed by atoms with Gasteiger partial charge in [0.1, 0.15) is 11.9 Å². The third-order valence-electron chi connectivity index (χ3n) is 4.69. The standard InChI is InChI=1S/C20H23FN4O2/c1-13-9-16(21)5-4-15(13)10-19(26)25-8-7-22-12-18(25)20(27)24-17-6-3-14(2)23-11-17/h3-6,9,11,18,22H,7-8,10,12H2,1-2H3,(H,24,27)/t18-/m0/s1. The fourth-order valence-electron chi connectivity index (χ4n) is 3.13. The predicted octanol–water partition coefficient (Wildman–Crippen LogP) is 1.82. The molecule has 0 aliphatic carbocycles. The summed E-state index contributed by atoms with van der Waals surface area (Å²) in [7, 11) is 0. The van der Waals surface area contributed by atoms with Gasteiger partial charge in [-0.15, -0.1) is 0 Å². The molecule has 1 aromatic carbocycles. The first kappa shape index (κ1) is 19.0. The van der Waals surface area contributed by atoms with Crippen LogP contribution in [0.3, 0.4) is 0 Å². The van der Waals surface area contributed by atoms with Crippen molar-refractivity contribution in [2.24, 2.45) is 0 Å². The van der Waals surface area contributed by atoms with Gasteiger partial charge < -0.3 is 15.5 Å². The number of piperazine rings is 1.